The summed E-state index contributed by atoms with van der Waals surface area (Å²) in [5.74, 6) is 0.548. The molecule has 4 rings (SSSR count). The van der Waals surface area contributed by atoms with E-state index in [0.29, 0.717) is 23.4 Å². The summed E-state index contributed by atoms with van der Waals surface area (Å²) in [6.45, 7) is 1.88. The molecule has 5 nitrogen and oxygen atoms in total. The number of anilines is 1. The molecule has 3 aliphatic heterocycles. The summed E-state index contributed by atoms with van der Waals surface area (Å²) >= 11 is 1.52. The molecule has 3 heterocycles. The van der Waals surface area contributed by atoms with Crippen molar-refractivity contribution in [2.75, 3.05) is 24.2 Å². The van der Waals surface area contributed by atoms with Gasteiger partial charge in [-0.05, 0) is 44.0 Å². The van der Waals surface area contributed by atoms with Gasteiger partial charge in [-0.3, -0.25) is 9.59 Å². The topological polar surface area (TPSA) is 61.4 Å². The molecular weight excluding hydrogens is 298 g/mol. The smallest absolute Gasteiger partial charge is 0.254 e. The first-order chi connectivity index (χ1) is 10.7. The number of nitrogens with zero attached hydrogens (tertiary/aromatic N) is 1. The van der Waals surface area contributed by atoms with E-state index in [1.165, 1.54) is 11.8 Å². The average molecular weight is 317 g/mol. The summed E-state index contributed by atoms with van der Waals surface area (Å²) < 4.78 is 0. The van der Waals surface area contributed by atoms with E-state index in [1.807, 2.05) is 18.2 Å². The standard InChI is InChI=1S/C16H19N3O2S/c20-15-9-22-14-4-1-10(7-13(14)18-15)16(21)19-11-2-3-12(19)8-17-6-5-11/h1,4,7,11-12,17H,2-3,5-6,8-9H2,(H,18,20). The second-order valence-corrected chi connectivity index (χ2v) is 7.16. The molecule has 0 radical (unpaired) electrons. The number of carbonyl (C=O) groups excluding carboxylic acids is 2. The van der Waals surface area contributed by atoms with Crippen LogP contribution in [0.5, 0.6) is 0 Å². The maximum atomic E-state index is 13.0. The second kappa shape index (κ2) is 5.59. The number of hydrogen-bond acceptors (Lipinski definition) is 4. The summed E-state index contributed by atoms with van der Waals surface area (Å²) in [4.78, 5) is 27.6. The van der Waals surface area contributed by atoms with Crippen LogP contribution in [0, 0.1) is 0 Å². The zero-order chi connectivity index (χ0) is 15.1. The molecule has 2 amide bonds. The summed E-state index contributed by atoms with van der Waals surface area (Å²) in [6.07, 6.45) is 3.22. The van der Waals surface area contributed by atoms with Gasteiger partial charge in [0.2, 0.25) is 5.91 Å². The molecule has 0 aliphatic carbocycles. The Hall–Kier alpha value is -1.53. The van der Waals surface area contributed by atoms with Crippen LogP contribution in [0.15, 0.2) is 23.1 Å². The molecule has 2 bridgehead atoms. The van der Waals surface area contributed by atoms with E-state index in [-0.39, 0.29) is 11.8 Å². The monoisotopic (exact) mass is 317 g/mol. The highest BCUT2D eigenvalue weighted by molar-refractivity contribution is 8.00. The van der Waals surface area contributed by atoms with Crippen molar-refractivity contribution in [3.63, 3.8) is 0 Å². The van der Waals surface area contributed by atoms with Crippen LogP contribution in [0.25, 0.3) is 0 Å². The lowest BCUT2D eigenvalue weighted by Gasteiger charge is -2.28. The zero-order valence-corrected chi connectivity index (χ0v) is 13.1. The second-order valence-electron chi connectivity index (χ2n) is 6.14. The van der Waals surface area contributed by atoms with Gasteiger partial charge in [-0.1, -0.05) is 0 Å². The highest BCUT2D eigenvalue weighted by atomic mass is 32.2. The highest BCUT2D eigenvalue weighted by Crippen LogP contribution is 2.34. The van der Waals surface area contributed by atoms with E-state index < -0.39 is 0 Å². The fraction of sp³-hybridized carbons (Fsp3) is 0.500. The van der Waals surface area contributed by atoms with E-state index in [2.05, 4.69) is 15.5 Å². The number of hydrogen-bond donors (Lipinski definition) is 2. The SMILES string of the molecule is O=C1CSc2ccc(C(=O)N3C4CCNCC3CC4)cc2N1. The average Bonchev–Trinajstić information content (AvgIpc) is 2.78. The molecule has 0 aromatic heterocycles. The van der Waals surface area contributed by atoms with Crippen molar-refractivity contribution in [3.8, 4) is 0 Å². The summed E-state index contributed by atoms with van der Waals surface area (Å²) in [6, 6.07) is 6.33. The normalized spacial score (nSPS) is 27.1. The summed E-state index contributed by atoms with van der Waals surface area (Å²) in [5.41, 5.74) is 1.45. The minimum Gasteiger partial charge on any atom is -0.331 e. The lowest BCUT2D eigenvalue weighted by molar-refractivity contribution is -0.113. The predicted octanol–water partition coefficient (Wildman–Crippen LogP) is 1.70. The van der Waals surface area contributed by atoms with Crippen LogP contribution in [0.3, 0.4) is 0 Å². The van der Waals surface area contributed by atoms with Gasteiger partial charge in [0.15, 0.2) is 0 Å². The lowest BCUT2D eigenvalue weighted by atomic mass is 10.1. The first-order valence-electron chi connectivity index (χ1n) is 7.82. The van der Waals surface area contributed by atoms with E-state index >= 15 is 0 Å². The first kappa shape index (κ1) is 14.1. The molecule has 0 saturated carbocycles. The Bertz CT molecular complexity index is 620. The van der Waals surface area contributed by atoms with Crippen LogP contribution in [-0.4, -0.2) is 47.6 Å². The van der Waals surface area contributed by atoms with Gasteiger partial charge in [-0.25, -0.2) is 0 Å². The van der Waals surface area contributed by atoms with Gasteiger partial charge in [0.1, 0.15) is 0 Å². The molecule has 3 aliphatic rings. The van der Waals surface area contributed by atoms with Crippen molar-refractivity contribution >= 4 is 29.3 Å². The van der Waals surface area contributed by atoms with Crippen LogP contribution in [0.4, 0.5) is 5.69 Å². The molecule has 2 unspecified atom stereocenters. The van der Waals surface area contributed by atoms with Gasteiger partial charge in [0.05, 0.1) is 11.4 Å². The molecule has 1 aromatic carbocycles. The highest BCUT2D eigenvalue weighted by Gasteiger charge is 2.38. The van der Waals surface area contributed by atoms with Gasteiger partial charge >= 0.3 is 0 Å². The van der Waals surface area contributed by atoms with Crippen molar-refractivity contribution in [3.05, 3.63) is 23.8 Å². The molecule has 1 aromatic rings. The Balaban J connectivity index is 1.63. The van der Waals surface area contributed by atoms with Crippen LogP contribution in [0.1, 0.15) is 29.6 Å². The van der Waals surface area contributed by atoms with Crippen molar-refractivity contribution in [1.82, 2.24) is 10.2 Å². The van der Waals surface area contributed by atoms with Crippen LogP contribution in [0.2, 0.25) is 0 Å². The van der Waals surface area contributed by atoms with Crippen LogP contribution >= 0.6 is 11.8 Å². The Morgan fingerprint density at radius 3 is 3.00 bits per heavy atom. The largest absolute Gasteiger partial charge is 0.331 e. The third kappa shape index (κ3) is 2.40. The quantitative estimate of drug-likeness (QED) is 0.827. The maximum Gasteiger partial charge on any atom is 0.254 e. The summed E-state index contributed by atoms with van der Waals surface area (Å²) in [5, 5.41) is 6.28. The van der Waals surface area contributed by atoms with E-state index in [4.69, 9.17) is 0 Å². The van der Waals surface area contributed by atoms with E-state index in [0.717, 1.165) is 42.9 Å². The fourth-order valence-corrected chi connectivity index (χ4v) is 4.47. The molecule has 6 heteroatoms. The first-order valence-corrected chi connectivity index (χ1v) is 8.81. The predicted molar refractivity (Wildman–Crippen MR) is 86.3 cm³/mol. The minimum absolute atomic E-state index is 0.00106. The molecule has 0 spiro atoms. The number of amides is 2. The zero-order valence-electron chi connectivity index (χ0n) is 12.3. The molecular formula is C16H19N3O2S. The van der Waals surface area contributed by atoms with Crippen molar-refractivity contribution < 1.29 is 9.59 Å². The molecule has 2 atom stereocenters. The lowest BCUT2D eigenvalue weighted by Crippen LogP contribution is -2.42. The Kier molecular flexibility index (Phi) is 3.58. The van der Waals surface area contributed by atoms with E-state index in [1.54, 1.807) is 0 Å². The minimum atomic E-state index is 0.00106. The van der Waals surface area contributed by atoms with Gasteiger partial charge in [0.25, 0.3) is 5.91 Å². The van der Waals surface area contributed by atoms with Crippen molar-refractivity contribution in [2.24, 2.45) is 0 Å². The van der Waals surface area contributed by atoms with Crippen LogP contribution in [-0.2, 0) is 4.79 Å². The maximum absolute atomic E-state index is 13.0. The number of benzene rings is 1. The van der Waals surface area contributed by atoms with Gasteiger partial charge in [0, 0.05) is 29.1 Å². The molecule has 2 N–H and O–H groups in total. The van der Waals surface area contributed by atoms with Gasteiger partial charge in [-0.2, -0.15) is 0 Å². The van der Waals surface area contributed by atoms with Crippen molar-refractivity contribution in [2.45, 2.75) is 36.2 Å². The van der Waals surface area contributed by atoms with Crippen molar-refractivity contribution in [1.29, 1.82) is 0 Å². The van der Waals surface area contributed by atoms with Gasteiger partial charge in [-0.15, -0.1) is 11.8 Å². The summed E-state index contributed by atoms with van der Waals surface area (Å²) in [7, 11) is 0. The molecule has 22 heavy (non-hydrogen) atoms. The Morgan fingerprint density at radius 1 is 1.23 bits per heavy atom. The molecule has 2 fully saturated rings. The number of fused-ring (bicyclic) bond motifs is 3. The molecule has 116 valence electrons. The number of rotatable bonds is 1. The number of nitrogens with one attached hydrogen (secondary N) is 2. The van der Waals surface area contributed by atoms with Gasteiger partial charge < -0.3 is 15.5 Å². The fourth-order valence-electron chi connectivity index (χ4n) is 3.68. The molecule has 2 saturated heterocycles. The third-order valence-electron chi connectivity index (χ3n) is 4.75. The number of carbonyl (C=O) groups is 2. The third-order valence-corrected chi connectivity index (χ3v) is 5.82. The number of thioether (sulfide) groups is 1. The Labute approximate surface area is 133 Å². The Morgan fingerprint density at radius 2 is 2.09 bits per heavy atom. The van der Waals surface area contributed by atoms with E-state index in [9.17, 15) is 9.59 Å². The van der Waals surface area contributed by atoms with Crippen LogP contribution < -0.4 is 10.6 Å².